The summed E-state index contributed by atoms with van der Waals surface area (Å²) in [4.78, 5) is 13.5. The molecule has 0 aliphatic carbocycles. The molecule has 0 bridgehead atoms. The normalized spacial score (nSPS) is 17.1. The van der Waals surface area contributed by atoms with Gasteiger partial charge in [-0.05, 0) is 31.5 Å². The minimum atomic E-state index is 0.0580. The fraction of sp³-hybridized carbons (Fsp3) is 0.308. The number of halogens is 1. The molecule has 0 aromatic heterocycles. The number of thioether (sulfide) groups is 1. The molecule has 1 aliphatic rings. The first-order valence-electron chi connectivity index (χ1n) is 5.83. The third-order valence-corrected chi connectivity index (χ3v) is 3.65. The van der Waals surface area contributed by atoms with Gasteiger partial charge in [0.2, 0.25) is 5.91 Å². The van der Waals surface area contributed by atoms with Gasteiger partial charge in [-0.25, -0.2) is 0 Å². The summed E-state index contributed by atoms with van der Waals surface area (Å²) in [5.41, 5.74) is 1.88. The van der Waals surface area contributed by atoms with Gasteiger partial charge in [0, 0.05) is 10.7 Å². The lowest BCUT2D eigenvalue weighted by Crippen LogP contribution is -2.28. The van der Waals surface area contributed by atoms with Crippen LogP contribution in [-0.4, -0.2) is 27.4 Å². The summed E-state index contributed by atoms with van der Waals surface area (Å²) in [5, 5.41) is 9.47. The molecule has 0 atom stereocenters. The van der Waals surface area contributed by atoms with Crippen LogP contribution in [0.2, 0.25) is 5.02 Å². The average Bonchev–Trinajstić information content (AvgIpc) is 2.71. The third-order valence-electron chi connectivity index (χ3n) is 2.45. The highest BCUT2D eigenvalue weighted by molar-refractivity contribution is 8.15. The predicted molar refractivity (Wildman–Crippen MR) is 80.7 cm³/mol. The van der Waals surface area contributed by atoms with Crippen LogP contribution in [0, 0.1) is 0 Å². The predicted octanol–water partition coefficient (Wildman–Crippen LogP) is 3.17. The maximum atomic E-state index is 11.9. The molecule has 1 amide bonds. The zero-order chi connectivity index (χ0) is 13.8. The smallest absolute Gasteiger partial charge is 0.239 e. The van der Waals surface area contributed by atoms with Crippen LogP contribution in [0.3, 0.4) is 0 Å². The fourth-order valence-electron chi connectivity index (χ4n) is 1.54. The van der Waals surface area contributed by atoms with Crippen LogP contribution in [0.15, 0.2) is 34.5 Å². The number of amides is 1. The molecule has 1 fully saturated rings. The van der Waals surface area contributed by atoms with Crippen molar-refractivity contribution in [2.24, 2.45) is 10.2 Å². The Morgan fingerprint density at radius 1 is 1.37 bits per heavy atom. The first kappa shape index (κ1) is 14.1. The number of benzene rings is 1. The molecule has 1 aromatic carbocycles. The lowest BCUT2D eigenvalue weighted by Gasteiger charge is -2.15. The molecule has 0 spiro atoms. The molecule has 1 heterocycles. The molecule has 1 saturated heterocycles. The fourth-order valence-corrected chi connectivity index (χ4v) is 2.50. The van der Waals surface area contributed by atoms with E-state index in [4.69, 9.17) is 11.6 Å². The molecule has 19 heavy (non-hydrogen) atoms. The van der Waals surface area contributed by atoms with Crippen molar-refractivity contribution < 1.29 is 4.79 Å². The first-order valence-corrected chi connectivity index (χ1v) is 7.19. The number of rotatable bonds is 3. The van der Waals surface area contributed by atoms with Crippen LogP contribution in [-0.2, 0) is 11.3 Å². The van der Waals surface area contributed by atoms with Gasteiger partial charge in [0.05, 0.1) is 12.3 Å². The summed E-state index contributed by atoms with van der Waals surface area (Å²) >= 11 is 7.26. The van der Waals surface area contributed by atoms with Crippen molar-refractivity contribution in [1.29, 1.82) is 0 Å². The minimum absolute atomic E-state index is 0.0580. The molecular formula is C13H14ClN3OS. The van der Waals surface area contributed by atoms with Gasteiger partial charge in [-0.3, -0.25) is 9.69 Å². The molecule has 2 rings (SSSR count). The van der Waals surface area contributed by atoms with E-state index in [1.807, 2.05) is 38.1 Å². The van der Waals surface area contributed by atoms with Crippen LogP contribution in [0.5, 0.6) is 0 Å². The van der Waals surface area contributed by atoms with Gasteiger partial charge >= 0.3 is 0 Å². The average molecular weight is 296 g/mol. The number of amidine groups is 1. The molecule has 1 aliphatic heterocycles. The maximum absolute atomic E-state index is 11.9. The molecule has 0 radical (unpaired) electrons. The van der Waals surface area contributed by atoms with Gasteiger partial charge in [0.15, 0.2) is 5.17 Å². The van der Waals surface area contributed by atoms with E-state index in [1.165, 1.54) is 11.8 Å². The van der Waals surface area contributed by atoms with E-state index in [1.54, 1.807) is 4.90 Å². The Morgan fingerprint density at radius 2 is 2.05 bits per heavy atom. The Bertz CT molecular complexity index is 535. The number of hydrogen-bond acceptors (Lipinski definition) is 4. The van der Waals surface area contributed by atoms with Gasteiger partial charge in [-0.2, -0.15) is 5.10 Å². The van der Waals surface area contributed by atoms with Crippen molar-refractivity contribution in [3.05, 3.63) is 34.9 Å². The van der Waals surface area contributed by atoms with E-state index in [9.17, 15) is 4.79 Å². The third kappa shape index (κ3) is 3.81. The molecule has 1 aromatic rings. The van der Waals surface area contributed by atoms with Crippen molar-refractivity contribution in [3.63, 3.8) is 0 Å². The number of hydrogen-bond donors (Lipinski definition) is 0. The van der Waals surface area contributed by atoms with Gasteiger partial charge < -0.3 is 0 Å². The zero-order valence-electron chi connectivity index (χ0n) is 10.8. The second-order valence-electron chi connectivity index (χ2n) is 4.32. The van der Waals surface area contributed by atoms with E-state index in [0.29, 0.717) is 22.5 Å². The number of nitrogens with zero attached hydrogens (tertiary/aromatic N) is 3. The lowest BCUT2D eigenvalue weighted by atomic mass is 10.2. The minimum Gasteiger partial charge on any atom is -0.285 e. The summed E-state index contributed by atoms with van der Waals surface area (Å²) in [6.45, 7) is 4.24. The van der Waals surface area contributed by atoms with Crippen LogP contribution >= 0.6 is 23.4 Å². The van der Waals surface area contributed by atoms with Gasteiger partial charge in [0.1, 0.15) is 0 Å². The molecule has 0 unspecified atom stereocenters. The first-order chi connectivity index (χ1) is 9.06. The Balaban J connectivity index is 2.16. The number of carbonyl (C=O) groups excluding carboxylic acids is 1. The quantitative estimate of drug-likeness (QED) is 0.635. The van der Waals surface area contributed by atoms with E-state index in [0.717, 1.165) is 11.3 Å². The van der Waals surface area contributed by atoms with Gasteiger partial charge in [-0.1, -0.05) is 35.5 Å². The molecule has 0 saturated carbocycles. The van der Waals surface area contributed by atoms with Crippen molar-refractivity contribution in [2.75, 3.05) is 5.75 Å². The van der Waals surface area contributed by atoms with Crippen molar-refractivity contribution in [2.45, 2.75) is 20.4 Å². The van der Waals surface area contributed by atoms with Gasteiger partial charge in [-0.15, -0.1) is 5.10 Å². The molecule has 4 nitrogen and oxygen atoms in total. The molecular weight excluding hydrogens is 282 g/mol. The summed E-state index contributed by atoms with van der Waals surface area (Å²) in [6, 6.07) is 7.45. The van der Waals surface area contributed by atoms with E-state index in [-0.39, 0.29) is 5.91 Å². The highest BCUT2D eigenvalue weighted by Gasteiger charge is 2.28. The van der Waals surface area contributed by atoms with Crippen LogP contribution in [0.1, 0.15) is 19.4 Å². The standard InChI is InChI=1S/C13H14ClN3OS/c1-9(2)15-16-13-17(12(18)8-19-13)7-10-3-5-11(14)6-4-10/h3-6H,7-8H2,1-2H3/b16-13-. The largest absolute Gasteiger partial charge is 0.285 e. The zero-order valence-corrected chi connectivity index (χ0v) is 12.3. The van der Waals surface area contributed by atoms with Crippen molar-refractivity contribution in [1.82, 2.24) is 4.90 Å². The highest BCUT2D eigenvalue weighted by atomic mass is 35.5. The van der Waals surface area contributed by atoms with Crippen molar-refractivity contribution in [3.8, 4) is 0 Å². The van der Waals surface area contributed by atoms with Crippen LogP contribution < -0.4 is 0 Å². The van der Waals surface area contributed by atoms with Crippen LogP contribution in [0.4, 0.5) is 0 Å². The lowest BCUT2D eigenvalue weighted by molar-refractivity contribution is -0.124. The maximum Gasteiger partial charge on any atom is 0.239 e. The molecule has 0 N–H and O–H groups in total. The second-order valence-corrected chi connectivity index (χ2v) is 5.70. The Morgan fingerprint density at radius 3 is 2.68 bits per heavy atom. The summed E-state index contributed by atoms with van der Waals surface area (Å²) in [7, 11) is 0. The van der Waals surface area contributed by atoms with Crippen molar-refractivity contribution >= 4 is 40.1 Å². The summed E-state index contributed by atoms with van der Waals surface area (Å²) in [5.74, 6) is 0.479. The van der Waals surface area contributed by atoms with Gasteiger partial charge in [0.25, 0.3) is 0 Å². The Hall–Kier alpha value is -1.33. The molecule has 6 heteroatoms. The van der Waals surface area contributed by atoms with E-state index < -0.39 is 0 Å². The van der Waals surface area contributed by atoms with E-state index in [2.05, 4.69) is 10.2 Å². The topological polar surface area (TPSA) is 45.0 Å². The summed E-state index contributed by atoms with van der Waals surface area (Å²) in [6.07, 6.45) is 0. The highest BCUT2D eigenvalue weighted by Crippen LogP contribution is 2.22. The SMILES string of the molecule is CC(C)=N/N=C1\SCC(=O)N1Cc1ccc(Cl)cc1. The number of carbonyl (C=O) groups is 1. The Kier molecular flexibility index (Phi) is 4.61. The Labute approximate surface area is 121 Å². The monoisotopic (exact) mass is 295 g/mol. The molecule has 100 valence electrons. The second kappa shape index (κ2) is 6.21. The van der Waals surface area contributed by atoms with E-state index >= 15 is 0 Å². The van der Waals surface area contributed by atoms with Crippen LogP contribution in [0.25, 0.3) is 0 Å². The summed E-state index contributed by atoms with van der Waals surface area (Å²) < 4.78 is 0.